The van der Waals surface area contributed by atoms with Crippen LogP contribution >= 0.6 is 0 Å². The van der Waals surface area contributed by atoms with Crippen LogP contribution in [0.25, 0.3) is 0 Å². The average Bonchev–Trinajstić information content (AvgIpc) is 3.60. The van der Waals surface area contributed by atoms with E-state index in [-0.39, 0.29) is 24.0 Å². The molecule has 190 valence electrons. The Morgan fingerprint density at radius 1 is 1.29 bits per heavy atom. The highest BCUT2D eigenvalue weighted by atomic mass is 16.5. The van der Waals surface area contributed by atoms with Gasteiger partial charge in [-0.15, -0.1) is 0 Å². The lowest BCUT2D eigenvalue weighted by Gasteiger charge is -2.35. The van der Waals surface area contributed by atoms with E-state index in [1.54, 1.807) is 0 Å². The number of aryl methyl sites for hydroxylation is 1. The zero-order valence-electron chi connectivity index (χ0n) is 20.9. The Labute approximate surface area is 202 Å². The normalized spacial score (nSPS) is 24.4. The maximum Gasteiger partial charge on any atom is 0.406 e. The minimum atomic E-state index is -0.427. The number of imidazole rings is 1. The van der Waals surface area contributed by atoms with E-state index in [0.717, 1.165) is 50.2 Å². The fourth-order valence-corrected chi connectivity index (χ4v) is 5.22. The first-order chi connectivity index (χ1) is 16.5. The quantitative estimate of drug-likeness (QED) is 0.533. The molecule has 34 heavy (non-hydrogen) atoms. The van der Waals surface area contributed by atoms with E-state index in [9.17, 15) is 9.59 Å². The molecule has 1 aromatic heterocycles. The smallest absolute Gasteiger partial charge is 0.406 e. The molecule has 3 fully saturated rings. The summed E-state index contributed by atoms with van der Waals surface area (Å²) >= 11 is 0. The minimum Gasteiger partial charge on any atom is -0.453 e. The van der Waals surface area contributed by atoms with Crippen molar-refractivity contribution >= 4 is 12.0 Å². The van der Waals surface area contributed by atoms with Crippen LogP contribution in [0.4, 0.5) is 4.79 Å². The number of morpholine rings is 1. The van der Waals surface area contributed by atoms with Gasteiger partial charge in [0.1, 0.15) is 11.9 Å². The number of aromatic nitrogens is 2. The summed E-state index contributed by atoms with van der Waals surface area (Å²) in [7, 11) is 1.38. The fourth-order valence-electron chi connectivity index (χ4n) is 5.22. The van der Waals surface area contributed by atoms with Crippen LogP contribution in [0.15, 0.2) is 6.20 Å². The number of amides is 2. The summed E-state index contributed by atoms with van der Waals surface area (Å²) in [6.45, 7) is 6.62. The van der Waals surface area contributed by atoms with Crippen molar-refractivity contribution in [3.05, 3.63) is 17.7 Å². The van der Waals surface area contributed by atoms with E-state index in [4.69, 9.17) is 9.72 Å². The van der Waals surface area contributed by atoms with Gasteiger partial charge in [0.15, 0.2) is 0 Å². The molecule has 9 nitrogen and oxygen atoms in total. The Morgan fingerprint density at radius 3 is 2.71 bits per heavy atom. The first kappa shape index (κ1) is 25.0. The monoisotopic (exact) mass is 475 g/mol. The van der Waals surface area contributed by atoms with Gasteiger partial charge >= 0.3 is 6.09 Å². The molecular formula is C25H41N5O4. The van der Waals surface area contributed by atoms with Crippen LogP contribution < -0.4 is 10.6 Å². The molecule has 2 aliphatic carbocycles. The van der Waals surface area contributed by atoms with Gasteiger partial charge in [-0.2, -0.15) is 0 Å². The highest BCUT2D eigenvalue weighted by Crippen LogP contribution is 2.37. The van der Waals surface area contributed by atoms with Crippen molar-refractivity contribution < 1.29 is 19.1 Å². The van der Waals surface area contributed by atoms with Gasteiger partial charge in [-0.05, 0) is 46.0 Å². The average molecular weight is 476 g/mol. The van der Waals surface area contributed by atoms with Gasteiger partial charge in [-0.25, -0.2) is 9.78 Å². The topological polar surface area (TPSA) is 97.7 Å². The molecule has 0 aromatic carbocycles. The number of carbonyl (C=O) groups is 2. The Hall–Kier alpha value is -2.13. The van der Waals surface area contributed by atoms with Gasteiger partial charge in [0, 0.05) is 43.8 Å². The molecule has 4 rings (SSSR count). The van der Waals surface area contributed by atoms with Crippen molar-refractivity contribution in [1.82, 2.24) is 25.1 Å². The van der Waals surface area contributed by atoms with Crippen LogP contribution in [-0.2, 0) is 20.8 Å². The van der Waals surface area contributed by atoms with Crippen LogP contribution in [0, 0.1) is 0 Å². The number of rotatable bonds is 9. The predicted molar refractivity (Wildman–Crippen MR) is 129 cm³/mol. The first-order valence-electron chi connectivity index (χ1n) is 13.0. The van der Waals surface area contributed by atoms with Crippen LogP contribution in [0.2, 0.25) is 0 Å². The van der Waals surface area contributed by atoms with Crippen molar-refractivity contribution in [3.8, 4) is 0 Å². The minimum absolute atomic E-state index is 0.0745. The Bertz CT molecular complexity index is 825. The molecule has 0 unspecified atom stereocenters. The van der Waals surface area contributed by atoms with Crippen LogP contribution in [0.1, 0.15) is 88.7 Å². The van der Waals surface area contributed by atoms with Crippen molar-refractivity contribution in [2.75, 3.05) is 26.8 Å². The molecule has 2 saturated carbocycles. The van der Waals surface area contributed by atoms with Gasteiger partial charge < -0.3 is 29.6 Å². The molecule has 9 heteroatoms. The SMILES string of the molecule is COC(=O)NCCCn1cc([C@H](C)N(C(=O)[C@H]2CN[C@@H](C)CO2)C2CC2)nc1C1CCCCC1. The standard InChI is InChI=1S/C25H41N5O4/c1-17-16-34-22(14-27-17)24(31)30(20-10-11-20)18(2)21-15-29(13-7-12-26-25(32)33-3)23(28-21)19-8-5-4-6-9-19/h15,17-20,22,27H,4-14,16H2,1-3H3,(H,26,32)/t17-,18-,22+/m0/s1. The third-order valence-corrected chi connectivity index (χ3v) is 7.34. The molecule has 2 amide bonds. The van der Waals surface area contributed by atoms with Gasteiger partial charge in [-0.1, -0.05) is 19.3 Å². The van der Waals surface area contributed by atoms with E-state index >= 15 is 0 Å². The molecule has 2 N–H and O–H groups in total. The summed E-state index contributed by atoms with van der Waals surface area (Å²) in [4.78, 5) is 32.0. The molecular weight excluding hydrogens is 434 g/mol. The Morgan fingerprint density at radius 2 is 2.06 bits per heavy atom. The fraction of sp³-hybridized carbons (Fsp3) is 0.800. The van der Waals surface area contributed by atoms with Crippen molar-refractivity contribution in [2.24, 2.45) is 0 Å². The summed E-state index contributed by atoms with van der Waals surface area (Å²) in [5, 5.41) is 6.13. The highest BCUT2D eigenvalue weighted by Gasteiger charge is 2.41. The lowest BCUT2D eigenvalue weighted by Crippen LogP contribution is -2.53. The van der Waals surface area contributed by atoms with Gasteiger partial charge in [0.25, 0.3) is 5.91 Å². The molecule has 1 aliphatic heterocycles. The predicted octanol–water partition coefficient (Wildman–Crippen LogP) is 3.11. The van der Waals surface area contributed by atoms with Crippen LogP contribution in [0.3, 0.4) is 0 Å². The zero-order chi connectivity index (χ0) is 24.1. The van der Waals surface area contributed by atoms with Gasteiger partial charge in [-0.3, -0.25) is 4.79 Å². The van der Waals surface area contributed by atoms with Gasteiger partial charge in [0.2, 0.25) is 0 Å². The molecule has 0 spiro atoms. The summed E-state index contributed by atoms with van der Waals surface area (Å²) in [6, 6.07) is 0.455. The van der Waals surface area contributed by atoms with E-state index in [1.165, 1.54) is 26.4 Å². The Balaban J connectivity index is 1.49. The molecule has 2 heterocycles. The number of alkyl carbamates (subject to hydrolysis) is 1. The third-order valence-electron chi connectivity index (χ3n) is 7.34. The van der Waals surface area contributed by atoms with Crippen molar-refractivity contribution in [3.63, 3.8) is 0 Å². The molecule has 1 saturated heterocycles. The molecule has 0 bridgehead atoms. The molecule has 3 aliphatic rings. The number of nitrogens with one attached hydrogen (secondary N) is 2. The van der Waals surface area contributed by atoms with E-state index < -0.39 is 12.2 Å². The summed E-state index contributed by atoms with van der Waals surface area (Å²) < 4.78 is 12.8. The first-order valence-corrected chi connectivity index (χ1v) is 13.0. The zero-order valence-corrected chi connectivity index (χ0v) is 20.9. The molecule has 3 atom stereocenters. The second kappa shape index (κ2) is 11.5. The van der Waals surface area contributed by atoms with Crippen molar-refractivity contribution in [1.29, 1.82) is 0 Å². The summed E-state index contributed by atoms with van der Waals surface area (Å²) in [5.41, 5.74) is 0.957. The molecule has 0 radical (unpaired) electrons. The lowest BCUT2D eigenvalue weighted by atomic mass is 9.88. The largest absolute Gasteiger partial charge is 0.453 e. The second-order valence-corrected chi connectivity index (χ2v) is 10.1. The van der Waals surface area contributed by atoms with Gasteiger partial charge in [0.05, 0.1) is 25.5 Å². The van der Waals surface area contributed by atoms with Crippen molar-refractivity contribution in [2.45, 2.75) is 102 Å². The third kappa shape index (κ3) is 6.10. The second-order valence-electron chi connectivity index (χ2n) is 10.1. The number of ether oxygens (including phenoxy) is 2. The number of hydrogen-bond acceptors (Lipinski definition) is 6. The number of hydrogen-bond donors (Lipinski definition) is 2. The summed E-state index contributed by atoms with van der Waals surface area (Å²) in [5.74, 6) is 1.67. The number of methoxy groups -OCH3 is 1. The number of carbonyl (C=O) groups excluding carboxylic acids is 2. The maximum atomic E-state index is 13.5. The van der Waals surface area contributed by atoms with Crippen LogP contribution in [0.5, 0.6) is 0 Å². The van der Waals surface area contributed by atoms with E-state index in [1.807, 2.05) is 4.90 Å². The maximum absolute atomic E-state index is 13.5. The van der Waals surface area contributed by atoms with E-state index in [2.05, 4.69) is 40.0 Å². The number of nitrogens with zero attached hydrogens (tertiary/aromatic N) is 3. The van der Waals surface area contributed by atoms with E-state index in [0.29, 0.717) is 25.6 Å². The van der Waals surface area contributed by atoms with Crippen LogP contribution in [-0.4, -0.2) is 71.4 Å². The highest BCUT2D eigenvalue weighted by molar-refractivity contribution is 5.82. The Kier molecular flexibility index (Phi) is 8.47. The molecule has 1 aromatic rings. The lowest BCUT2D eigenvalue weighted by molar-refractivity contribution is -0.149. The summed E-state index contributed by atoms with van der Waals surface area (Å²) in [6.07, 6.45) is 10.3.